The quantitative estimate of drug-likeness (QED) is 0.632. The molecular weight excluding hydrogens is 359 g/mol. The van der Waals surface area contributed by atoms with E-state index >= 15 is 0 Å². The topological polar surface area (TPSA) is 42.0 Å². The van der Waals surface area contributed by atoms with Gasteiger partial charge in [0.1, 0.15) is 0 Å². The average molecular weight is 369 g/mol. The van der Waals surface area contributed by atoms with Crippen molar-refractivity contribution in [3.8, 4) is 0 Å². The summed E-state index contributed by atoms with van der Waals surface area (Å²) in [6, 6.07) is 13.0. The summed E-state index contributed by atoms with van der Waals surface area (Å²) in [6.45, 7) is 0. The highest BCUT2D eigenvalue weighted by Crippen LogP contribution is 2.31. The molecule has 0 aliphatic carbocycles. The number of aromatic nitrogens is 1. The molecule has 0 radical (unpaired) electrons. The van der Waals surface area contributed by atoms with Crippen LogP contribution in [0.1, 0.15) is 0 Å². The third kappa shape index (κ3) is 3.55. The third-order valence-corrected chi connectivity index (χ3v) is 5.82. The van der Waals surface area contributed by atoms with E-state index in [-0.39, 0.29) is 11.7 Å². The Hall–Kier alpha value is -1.27. The number of nitrogens with zero attached hydrogens (tertiary/aromatic N) is 1. The molecule has 3 nitrogen and oxygen atoms in total. The van der Waals surface area contributed by atoms with E-state index < -0.39 is 0 Å². The molecule has 0 fully saturated rings. The van der Waals surface area contributed by atoms with Crippen LogP contribution < -0.4 is 5.32 Å². The van der Waals surface area contributed by atoms with E-state index in [4.69, 9.17) is 23.2 Å². The second-order valence-corrected chi connectivity index (χ2v) is 7.42. The summed E-state index contributed by atoms with van der Waals surface area (Å²) in [7, 11) is 0. The molecule has 112 valence electrons. The SMILES string of the molecule is O=C(CSc1nc2ccccc2s1)Nc1cccc(Cl)c1Cl. The number of hydrogen-bond donors (Lipinski definition) is 1. The van der Waals surface area contributed by atoms with Gasteiger partial charge in [-0.1, -0.05) is 53.2 Å². The van der Waals surface area contributed by atoms with Crippen LogP contribution in [-0.2, 0) is 4.79 Å². The van der Waals surface area contributed by atoms with Crippen molar-refractivity contribution < 1.29 is 4.79 Å². The lowest BCUT2D eigenvalue weighted by Crippen LogP contribution is -2.14. The summed E-state index contributed by atoms with van der Waals surface area (Å²) in [5.74, 6) is 0.122. The highest BCUT2D eigenvalue weighted by Gasteiger charge is 2.10. The minimum atomic E-state index is -0.145. The monoisotopic (exact) mass is 368 g/mol. The van der Waals surface area contributed by atoms with Crippen LogP contribution in [0.25, 0.3) is 10.2 Å². The average Bonchev–Trinajstić information content (AvgIpc) is 2.93. The van der Waals surface area contributed by atoms with Crippen LogP contribution in [0, 0.1) is 0 Å². The van der Waals surface area contributed by atoms with Gasteiger partial charge in [-0.15, -0.1) is 11.3 Å². The lowest BCUT2D eigenvalue weighted by molar-refractivity contribution is -0.113. The lowest BCUT2D eigenvalue weighted by Gasteiger charge is -2.07. The molecule has 1 aromatic heterocycles. The van der Waals surface area contributed by atoms with Crippen molar-refractivity contribution in [3.05, 3.63) is 52.5 Å². The van der Waals surface area contributed by atoms with Crippen LogP contribution in [0.2, 0.25) is 10.0 Å². The minimum absolute atomic E-state index is 0.145. The molecular formula is C15H10Cl2N2OS2. The standard InChI is InChI=1S/C15H10Cl2N2OS2/c16-9-4-3-6-11(14(9)17)18-13(20)8-21-15-19-10-5-1-2-7-12(10)22-15/h1-7H,8H2,(H,18,20). The molecule has 3 rings (SSSR count). The first-order valence-corrected chi connectivity index (χ1v) is 8.91. The molecule has 7 heteroatoms. The highest BCUT2D eigenvalue weighted by atomic mass is 35.5. The fourth-order valence-electron chi connectivity index (χ4n) is 1.83. The van der Waals surface area contributed by atoms with Gasteiger partial charge in [0.25, 0.3) is 0 Å². The van der Waals surface area contributed by atoms with Crippen LogP contribution in [-0.4, -0.2) is 16.6 Å². The zero-order valence-corrected chi connectivity index (χ0v) is 14.3. The number of thioether (sulfide) groups is 1. The molecule has 0 saturated carbocycles. The van der Waals surface area contributed by atoms with Crippen molar-refractivity contribution in [1.82, 2.24) is 4.98 Å². The molecule has 0 aliphatic rings. The molecule has 0 spiro atoms. The zero-order valence-electron chi connectivity index (χ0n) is 11.2. The molecule has 1 heterocycles. The molecule has 0 bridgehead atoms. The number of benzene rings is 2. The van der Waals surface area contributed by atoms with E-state index in [1.54, 1.807) is 29.5 Å². The van der Waals surface area contributed by atoms with E-state index in [2.05, 4.69) is 10.3 Å². The molecule has 3 aromatic rings. The molecule has 1 N–H and O–H groups in total. The third-order valence-electron chi connectivity index (χ3n) is 2.83. The summed E-state index contributed by atoms with van der Waals surface area (Å²) in [6.07, 6.45) is 0. The largest absolute Gasteiger partial charge is 0.324 e. The normalized spacial score (nSPS) is 10.8. The summed E-state index contributed by atoms with van der Waals surface area (Å²) >= 11 is 14.9. The van der Waals surface area contributed by atoms with Crippen molar-refractivity contribution in [1.29, 1.82) is 0 Å². The number of carbonyl (C=O) groups excluding carboxylic acids is 1. The van der Waals surface area contributed by atoms with Crippen LogP contribution >= 0.6 is 46.3 Å². The van der Waals surface area contributed by atoms with Gasteiger partial charge < -0.3 is 5.32 Å². The van der Waals surface area contributed by atoms with E-state index in [1.807, 2.05) is 24.3 Å². The summed E-state index contributed by atoms with van der Waals surface area (Å²) in [5.41, 5.74) is 1.47. The first kappa shape index (κ1) is 15.6. The zero-order chi connectivity index (χ0) is 15.5. The molecule has 22 heavy (non-hydrogen) atoms. The van der Waals surface area contributed by atoms with Gasteiger partial charge in [-0.2, -0.15) is 0 Å². The fraction of sp³-hybridized carbons (Fsp3) is 0.0667. The van der Waals surface area contributed by atoms with E-state index in [9.17, 15) is 4.79 Å². The van der Waals surface area contributed by atoms with Gasteiger partial charge in [-0.3, -0.25) is 4.79 Å². The predicted octanol–water partition coefficient (Wildman–Crippen LogP) is 5.33. The lowest BCUT2D eigenvalue weighted by atomic mass is 10.3. The number of halogens is 2. The van der Waals surface area contributed by atoms with Gasteiger partial charge in [0.05, 0.1) is 31.7 Å². The van der Waals surface area contributed by atoms with Gasteiger partial charge in [0.2, 0.25) is 5.91 Å². The Kier molecular flexibility index (Phi) is 4.88. The number of rotatable bonds is 4. The number of thiazole rings is 1. The Balaban J connectivity index is 1.63. The Morgan fingerprint density at radius 2 is 2.00 bits per heavy atom. The maximum atomic E-state index is 12.0. The second-order valence-electron chi connectivity index (χ2n) is 4.39. The number of carbonyl (C=O) groups is 1. The highest BCUT2D eigenvalue weighted by molar-refractivity contribution is 8.01. The predicted molar refractivity (Wildman–Crippen MR) is 95.4 cm³/mol. The Bertz CT molecular complexity index is 802. The number of amides is 1. The summed E-state index contributed by atoms with van der Waals surface area (Å²) < 4.78 is 1.98. The minimum Gasteiger partial charge on any atom is -0.324 e. The molecule has 2 aromatic carbocycles. The van der Waals surface area contributed by atoms with Crippen LogP contribution in [0.5, 0.6) is 0 Å². The first-order chi connectivity index (χ1) is 10.6. The Morgan fingerprint density at radius 3 is 2.82 bits per heavy atom. The van der Waals surface area contributed by atoms with Crippen molar-refractivity contribution in [2.45, 2.75) is 4.34 Å². The van der Waals surface area contributed by atoms with E-state index in [0.717, 1.165) is 14.6 Å². The van der Waals surface area contributed by atoms with Gasteiger partial charge in [-0.05, 0) is 24.3 Å². The molecule has 0 unspecified atom stereocenters. The molecule has 0 saturated heterocycles. The van der Waals surface area contributed by atoms with Crippen molar-refractivity contribution >= 4 is 68.1 Å². The van der Waals surface area contributed by atoms with Crippen molar-refractivity contribution in [3.63, 3.8) is 0 Å². The smallest absolute Gasteiger partial charge is 0.234 e. The number of anilines is 1. The second kappa shape index (κ2) is 6.87. The molecule has 1 amide bonds. The first-order valence-electron chi connectivity index (χ1n) is 6.36. The van der Waals surface area contributed by atoms with Crippen molar-refractivity contribution in [2.24, 2.45) is 0 Å². The maximum Gasteiger partial charge on any atom is 0.234 e. The Labute approximate surface area is 145 Å². The van der Waals surface area contributed by atoms with Crippen LogP contribution in [0.4, 0.5) is 5.69 Å². The van der Waals surface area contributed by atoms with Gasteiger partial charge in [-0.25, -0.2) is 4.98 Å². The number of fused-ring (bicyclic) bond motifs is 1. The number of nitrogens with one attached hydrogen (secondary N) is 1. The fourth-order valence-corrected chi connectivity index (χ4v) is 4.04. The molecule has 0 atom stereocenters. The van der Waals surface area contributed by atoms with E-state index in [1.165, 1.54) is 11.8 Å². The van der Waals surface area contributed by atoms with Crippen molar-refractivity contribution in [2.75, 3.05) is 11.1 Å². The maximum absolute atomic E-state index is 12.0. The Morgan fingerprint density at radius 1 is 1.18 bits per heavy atom. The number of hydrogen-bond acceptors (Lipinski definition) is 4. The van der Waals surface area contributed by atoms with Crippen LogP contribution in [0.3, 0.4) is 0 Å². The summed E-state index contributed by atoms with van der Waals surface area (Å²) in [4.78, 5) is 16.5. The summed E-state index contributed by atoms with van der Waals surface area (Å²) in [5, 5.41) is 3.52. The number of para-hydroxylation sites is 1. The van der Waals surface area contributed by atoms with Gasteiger partial charge >= 0.3 is 0 Å². The van der Waals surface area contributed by atoms with Gasteiger partial charge in [0.15, 0.2) is 4.34 Å². The van der Waals surface area contributed by atoms with Gasteiger partial charge in [0, 0.05) is 0 Å². The van der Waals surface area contributed by atoms with Crippen LogP contribution in [0.15, 0.2) is 46.8 Å². The van der Waals surface area contributed by atoms with E-state index in [0.29, 0.717) is 15.7 Å². The molecule has 0 aliphatic heterocycles.